The fraction of sp³-hybridized carbons (Fsp3) is 0.273. The molecule has 1 aromatic heterocycles. The van der Waals surface area contributed by atoms with Crippen molar-refractivity contribution in [2.24, 2.45) is 5.92 Å². The predicted molar refractivity (Wildman–Crippen MR) is 163 cm³/mol. The van der Waals surface area contributed by atoms with Crippen LogP contribution in [0.3, 0.4) is 0 Å². The van der Waals surface area contributed by atoms with Crippen molar-refractivity contribution in [1.82, 2.24) is 10.0 Å². The molecule has 43 heavy (non-hydrogen) atoms. The van der Waals surface area contributed by atoms with E-state index in [1.807, 2.05) is 12.1 Å². The lowest BCUT2D eigenvalue weighted by Gasteiger charge is -2.34. The zero-order valence-corrected chi connectivity index (χ0v) is 24.9. The number of nitrogens with zero attached hydrogens (tertiary/aromatic N) is 5. The summed E-state index contributed by atoms with van der Waals surface area (Å²) in [5.74, 6) is -3.37. The Labute approximate surface area is 253 Å². The Hall–Kier alpha value is -5.06. The molecule has 216 valence electrons. The molecule has 4 amide bonds. The van der Waals surface area contributed by atoms with Gasteiger partial charge in [-0.1, -0.05) is 43.4 Å². The average molecular weight is 592 g/mol. The molecule has 0 bridgehead atoms. The van der Waals surface area contributed by atoms with Crippen LogP contribution in [0.2, 0.25) is 0 Å². The molecule has 10 heteroatoms. The standard InChI is InChI=1S/C33H29N5O4S/c1-20-11-13-23(14-12-20)29-27(19-35)33(36-15-7-8-16-36)43-28(29)17-25-21(2)26(18-34)32(42)38(31(25)41)37(22(3)39)30(40)24-9-5-4-6-10-24/h4-6,9-11,13-14,17,20H,7-8,12,15-16H2,1-3H3/b25-17-. The lowest BCUT2D eigenvalue weighted by atomic mass is 9.90. The number of anilines is 1. The molecule has 0 spiro atoms. The lowest BCUT2D eigenvalue weighted by Crippen LogP contribution is -2.57. The number of benzene rings is 1. The van der Waals surface area contributed by atoms with Crippen LogP contribution in [0.5, 0.6) is 0 Å². The normalized spacial score (nSPS) is 19.4. The first kappa shape index (κ1) is 29.4. The summed E-state index contributed by atoms with van der Waals surface area (Å²) >= 11 is 1.37. The second-order valence-corrected chi connectivity index (χ2v) is 11.7. The molecular formula is C33H29N5O4S. The Morgan fingerprint density at radius 1 is 1.07 bits per heavy atom. The van der Waals surface area contributed by atoms with Crippen molar-refractivity contribution in [3.8, 4) is 12.1 Å². The van der Waals surface area contributed by atoms with Crippen molar-refractivity contribution in [3.05, 3.63) is 86.8 Å². The molecule has 1 aromatic carbocycles. The van der Waals surface area contributed by atoms with Gasteiger partial charge >= 0.3 is 0 Å². The summed E-state index contributed by atoms with van der Waals surface area (Å²) in [6, 6.07) is 12.1. The number of rotatable bonds is 5. The molecular weight excluding hydrogens is 562 g/mol. The third kappa shape index (κ3) is 5.33. The largest absolute Gasteiger partial charge is 0.362 e. The van der Waals surface area contributed by atoms with Crippen molar-refractivity contribution in [2.45, 2.75) is 40.0 Å². The van der Waals surface area contributed by atoms with Crippen molar-refractivity contribution < 1.29 is 19.2 Å². The van der Waals surface area contributed by atoms with E-state index in [1.54, 1.807) is 24.3 Å². The van der Waals surface area contributed by atoms with Crippen molar-refractivity contribution in [3.63, 3.8) is 0 Å². The lowest BCUT2D eigenvalue weighted by molar-refractivity contribution is -0.163. The first-order valence-corrected chi connectivity index (χ1v) is 14.8. The van der Waals surface area contributed by atoms with Crippen LogP contribution >= 0.6 is 11.3 Å². The summed E-state index contributed by atoms with van der Waals surface area (Å²) in [5.41, 5.74) is 1.88. The summed E-state index contributed by atoms with van der Waals surface area (Å²) in [7, 11) is 0. The first-order chi connectivity index (χ1) is 20.7. The number of thiophene rings is 1. The van der Waals surface area contributed by atoms with E-state index >= 15 is 0 Å². The summed E-state index contributed by atoms with van der Waals surface area (Å²) < 4.78 is 0. The number of amides is 4. The predicted octanol–water partition coefficient (Wildman–Crippen LogP) is 5.40. The zero-order chi connectivity index (χ0) is 30.8. The molecule has 1 saturated heterocycles. The molecule has 1 aliphatic carbocycles. The Bertz CT molecular complexity index is 1740. The molecule has 2 aromatic rings. The maximum atomic E-state index is 14.1. The topological polar surface area (TPSA) is 126 Å². The van der Waals surface area contributed by atoms with Crippen LogP contribution in [0.15, 0.2) is 65.3 Å². The van der Waals surface area contributed by atoms with Crippen molar-refractivity contribution >= 4 is 51.6 Å². The minimum Gasteiger partial charge on any atom is -0.362 e. The summed E-state index contributed by atoms with van der Waals surface area (Å²) in [4.78, 5) is 56.6. The van der Waals surface area contributed by atoms with Gasteiger partial charge in [-0.2, -0.15) is 20.5 Å². The number of hydrazine groups is 1. The summed E-state index contributed by atoms with van der Waals surface area (Å²) in [6.45, 7) is 6.29. The maximum Gasteiger partial charge on any atom is 0.291 e. The van der Waals surface area contributed by atoms with E-state index in [0.717, 1.165) is 49.8 Å². The van der Waals surface area contributed by atoms with Gasteiger partial charge in [0.1, 0.15) is 22.7 Å². The molecule has 0 N–H and O–H groups in total. The number of hydrogen-bond donors (Lipinski definition) is 0. The van der Waals surface area contributed by atoms with E-state index in [-0.39, 0.29) is 22.3 Å². The number of nitriles is 2. The average Bonchev–Trinajstić information content (AvgIpc) is 3.66. The van der Waals surface area contributed by atoms with E-state index in [4.69, 9.17) is 0 Å². The van der Waals surface area contributed by atoms with Gasteiger partial charge in [-0.15, -0.1) is 11.3 Å². The molecule has 1 unspecified atom stereocenters. The third-order valence-corrected chi connectivity index (χ3v) is 8.93. The van der Waals surface area contributed by atoms with Crippen molar-refractivity contribution in [1.29, 1.82) is 10.5 Å². The minimum atomic E-state index is -1.06. The summed E-state index contributed by atoms with van der Waals surface area (Å²) in [5, 5.41) is 22.0. The van der Waals surface area contributed by atoms with E-state index in [0.29, 0.717) is 31.9 Å². The van der Waals surface area contributed by atoms with Crippen LogP contribution in [0, 0.1) is 28.6 Å². The third-order valence-electron chi connectivity index (χ3n) is 7.73. The SMILES string of the molecule is CC(=O)N(C(=O)c1ccccc1)N1C(=O)C(C#N)=C(C)/C(=C/c2sc(N3CCCC3)c(C#N)c2C2=CCC(C)C=C2)C1=O. The van der Waals surface area contributed by atoms with Gasteiger partial charge in [-0.25, -0.2) is 0 Å². The van der Waals surface area contributed by atoms with Gasteiger partial charge in [0.25, 0.3) is 17.7 Å². The fourth-order valence-electron chi connectivity index (χ4n) is 5.44. The quantitative estimate of drug-likeness (QED) is 0.337. The molecule has 0 saturated carbocycles. The molecule has 9 nitrogen and oxygen atoms in total. The number of allylic oxidation sites excluding steroid dienone is 4. The molecule has 0 radical (unpaired) electrons. The van der Waals surface area contributed by atoms with E-state index in [2.05, 4.69) is 30.0 Å². The van der Waals surface area contributed by atoms with E-state index < -0.39 is 23.6 Å². The highest BCUT2D eigenvalue weighted by atomic mass is 32.1. The van der Waals surface area contributed by atoms with Gasteiger partial charge in [-0.05, 0) is 61.5 Å². The van der Waals surface area contributed by atoms with Crippen LogP contribution in [0.1, 0.15) is 66.4 Å². The second-order valence-electron chi connectivity index (χ2n) is 10.7. The summed E-state index contributed by atoms with van der Waals surface area (Å²) in [6.07, 6.45) is 10.5. The zero-order valence-electron chi connectivity index (χ0n) is 24.1. The monoisotopic (exact) mass is 591 g/mol. The van der Waals surface area contributed by atoms with Gasteiger partial charge < -0.3 is 4.90 Å². The highest BCUT2D eigenvalue weighted by Crippen LogP contribution is 2.44. The molecule has 1 atom stereocenters. The molecule has 3 heterocycles. The van der Waals surface area contributed by atoms with Crippen molar-refractivity contribution in [2.75, 3.05) is 18.0 Å². The number of carbonyl (C=O) groups is 4. The second kappa shape index (κ2) is 12.0. The highest BCUT2D eigenvalue weighted by Gasteiger charge is 2.43. The number of hydrogen-bond acceptors (Lipinski definition) is 8. The van der Waals surface area contributed by atoms with Gasteiger partial charge in [-0.3, -0.25) is 19.2 Å². The molecule has 1 fully saturated rings. The van der Waals surface area contributed by atoms with Crippen LogP contribution < -0.4 is 4.90 Å². The van der Waals surface area contributed by atoms with Crippen LogP contribution in [-0.2, 0) is 14.4 Å². The molecule has 3 aliphatic rings. The van der Waals surface area contributed by atoms with Gasteiger partial charge in [0.15, 0.2) is 0 Å². The Morgan fingerprint density at radius 3 is 2.35 bits per heavy atom. The van der Waals surface area contributed by atoms with Crippen LogP contribution in [0.4, 0.5) is 5.00 Å². The Morgan fingerprint density at radius 2 is 1.77 bits per heavy atom. The minimum absolute atomic E-state index is 0.0167. The number of carbonyl (C=O) groups excluding carboxylic acids is 4. The molecule has 2 aliphatic heterocycles. The van der Waals surface area contributed by atoms with Gasteiger partial charge in [0.2, 0.25) is 5.91 Å². The highest BCUT2D eigenvalue weighted by molar-refractivity contribution is 7.17. The number of imide groups is 2. The molecule has 5 rings (SSSR count). The fourth-order valence-corrected chi connectivity index (χ4v) is 6.71. The smallest absolute Gasteiger partial charge is 0.291 e. The van der Waals surface area contributed by atoms with E-state index in [9.17, 15) is 29.7 Å². The van der Waals surface area contributed by atoms with E-state index in [1.165, 1.54) is 30.4 Å². The maximum absolute atomic E-state index is 14.1. The van der Waals surface area contributed by atoms with Gasteiger partial charge in [0.05, 0.1) is 5.56 Å². The van der Waals surface area contributed by atoms with Gasteiger partial charge in [0, 0.05) is 41.6 Å². The van der Waals surface area contributed by atoms with Crippen LogP contribution in [-0.4, -0.2) is 46.7 Å². The Kier molecular flexibility index (Phi) is 8.24. The Balaban J connectivity index is 1.70. The van der Waals surface area contributed by atoms with Crippen LogP contribution in [0.25, 0.3) is 11.6 Å². The first-order valence-electron chi connectivity index (χ1n) is 14.0.